The number of benzene rings is 2. The molecule has 0 saturated carbocycles. The summed E-state index contributed by atoms with van der Waals surface area (Å²) in [6.45, 7) is 0. The van der Waals surface area contributed by atoms with E-state index < -0.39 is 0 Å². The van der Waals surface area contributed by atoms with E-state index in [9.17, 15) is 9.90 Å². The highest BCUT2D eigenvalue weighted by molar-refractivity contribution is 7.22. The molecule has 19 heavy (non-hydrogen) atoms. The van der Waals surface area contributed by atoms with Gasteiger partial charge in [0.05, 0.1) is 9.72 Å². The second kappa shape index (κ2) is 4.68. The highest BCUT2D eigenvalue weighted by Crippen LogP contribution is 2.32. The first-order valence-corrected chi connectivity index (χ1v) is 6.86. The van der Waals surface area contributed by atoms with E-state index in [0.29, 0.717) is 10.4 Å². The number of phenolic OH excluding ortho intramolecular Hbond substituents is 1. The number of hydrogen-bond donors (Lipinski definition) is 1. The maximum Gasteiger partial charge on any atom is 0.188 e. The average molecular weight is 289 g/mol. The van der Waals surface area contributed by atoms with Crippen LogP contribution in [0.15, 0.2) is 53.3 Å². The molecular weight excluding hydrogens is 280 g/mol. The number of aromatic hydroxyl groups is 1. The molecule has 0 aliphatic heterocycles. The zero-order valence-corrected chi connectivity index (χ0v) is 11.3. The van der Waals surface area contributed by atoms with Gasteiger partial charge in [0.1, 0.15) is 5.75 Å². The van der Waals surface area contributed by atoms with Crippen LogP contribution in [0, 0.1) is 0 Å². The molecule has 0 bridgehead atoms. The van der Waals surface area contributed by atoms with Gasteiger partial charge in [-0.1, -0.05) is 17.7 Å². The molecule has 0 unspecified atom stereocenters. The van der Waals surface area contributed by atoms with Crippen LogP contribution in [0.1, 0.15) is 0 Å². The highest BCUT2D eigenvalue weighted by atomic mass is 35.5. The van der Waals surface area contributed by atoms with Gasteiger partial charge in [0.25, 0.3) is 0 Å². The zero-order chi connectivity index (χ0) is 13.4. The summed E-state index contributed by atoms with van der Waals surface area (Å²) < 4.78 is 0.791. The summed E-state index contributed by atoms with van der Waals surface area (Å²) in [5, 5.41) is 10.5. The molecule has 0 saturated heterocycles. The first kappa shape index (κ1) is 12.2. The molecule has 0 aliphatic carbocycles. The van der Waals surface area contributed by atoms with Crippen LogP contribution in [-0.2, 0) is 0 Å². The molecular formula is C15H9ClO2S. The summed E-state index contributed by atoms with van der Waals surface area (Å²) in [5.74, 6) is 0.204. The average Bonchev–Trinajstić information content (AvgIpc) is 2.41. The number of hydrogen-bond acceptors (Lipinski definition) is 3. The van der Waals surface area contributed by atoms with E-state index >= 15 is 0 Å². The summed E-state index contributed by atoms with van der Waals surface area (Å²) in [4.78, 5) is 12.9. The van der Waals surface area contributed by atoms with Crippen molar-refractivity contribution in [2.45, 2.75) is 0 Å². The van der Waals surface area contributed by atoms with E-state index in [2.05, 4.69) is 0 Å². The Bertz CT molecular complexity index is 806. The fourth-order valence-corrected chi connectivity index (χ4v) is 3.29. The fraction of sp³-hybridized carbons (Fsp3) is 0. The van der Waals surface area contributed by atoms with Crippen LogP contribution >= 0.6 is 22.9 Å². The lowest BCUT2D eigenvalue weighted by atomic mass is 10.1. The minimum absolute atomic E-state index is 0.0423. The van der Waals surface area contributed by atoms with Crippen molar-refractivity contribution < 1.29 is 5.11 Å². The minimum Gasteiger partial charge on any atom is -0.508 e. The van der Waals surface area contributed by atoms with E-state index in [0.717, 1.165) is 15.1 Å². The maximum absolute atomic E-state index is 12.1. The second-order valence-electron chi connectivity index (χ2n) is 4.14. The van der Waals surface area contributed by atoms with Crippen molar-refractivity contribution in [3.05, 3.63) is 63.8 Å². The molecule has 0 aliphatic rings. The molecule has 0 atom stereocenters. The Hall–Kier alpha value is -1.84. The lowest BCUT2D eigenvalue weighted by Crippen LogP contribution is -1.98. The van der Waals surface area contributed by atoms with Crippen LogP contribution in [0.5, 0.6) is 5.75 Å². The van der Waals surface area contributed by atoms with E-state index in [-0.39, 0.29) is 11.2 Å². The Morgan fingerprint density at radius 3 is 2.53 bits per heavy atom. The first-order valence-electron chi connectivity index (χ1n) is 5.67. The van der Waals surface area contributed by atoms with Crippen LogP contribution in [0.4, 0.5) is 0 Å². The largest absolute Gasteiger partial charge is 0.508 e. The van der Waals surface area contributed by atoms with Crippen LogP contribution in [0.3, 0.4) is 0 Å². The van der Waals surface area contributed by atoms with Crippen molar-refractivity contribution in [2.75, 3.05) is 0 Å². The lowest BCUT2D eigenvalue weighted by molar-refractivity contribution is 0.475. The molecule has 0 radical (unpaired) electrons. The van der Waals surface area contributed by atoms with Crippen molar-refractivity contribution in [3.63, 3.8) is 0 Å². The van der Waals surface area contributed by atoms with Crippen molar-refractivity contribution in [3.8, 4) is 16.2 Å². The summed E-state index contributed by atoms with van der Waals surface area (Å²) in [6, 6.07) is 13.7. The van der Waals surface area contributed by atoms with Crippen LogP contribution in [0.2, 0.25) is 5.02 Å². The van der Waals surface area contributed by atoms with Gasteiger partial charge in [-0.3, -0.25) is 4.79 Å². The summed E-state index contributed by atoms with van der Waals surface area (Å²) in [5.41, 5.74) is 0.848. The van der Waals surface area contributed by atoms with Crippen LogP contribution < -0.4 is 5.43 Å². The monoisotopic (exact) mass is 288 g/mol. The molecule has 2 aromatic carbocycles. The van der Waals surface area contributed by atoms with E-state index in [1.807, 2.05) is 0 Å². The SMILES string of the molecule is O=c1cc(-c2ccc(O)cc2)sc2c(Cl)cccc12. The van der Waals surface area contributed by atoms with Gasteiger partial charge in [-0.15, -0.1) is 11.3 Å². The molecule has 1 heterocycles. The third kappa shape index (κ3) is 2.23. The Kier molecular flexibility index (Phi) is 3.01. The topological polar surface area (TPSA) is 37.3 Å². The van der Waals surface area contributed by atoms with E-state index in [1.54, 1.807) is 48.5 Å². The number of fused-ring (bicyclic) bond motifs is 1. The summed E-state index contributed by atoms with van der Waals surface area (Å²) in [6.07, 6.45) is 0. The molecule has 1 N–H and O–H groups in total. The van der Waals surface area contributed by atoms with Gasteiger partial charge in [0, 0.05) is 16.3 Å². The van der Waals surface area contributed by atoms with Gasteiger partial charge in [0.2, 0.25) is 0 Å². The van der Waals surface area contributed by atoms with Gasteiger partial charge < -0.3 is 5.11 Å². The number of halogens is 1. The summed E-state index contributed by atoms with van der Waals surface area (Å²) >= 11 is 7.62. The first-order chi connectivity index (χ1) is 9.15. The van der Waals surface area contributed by atoms with Crippen LogP contribution in [-0.4, -0.2) is 5.11 Å². The van der Waals surface area contributed by atoms with Gasteiger partial charge in [0.15, 0.2) is 5.43 Å². The standard InChI is InChI=1S/C15H9ClO2S/c16-12-3-1-2-11-13(18)8-14(19-15(11)12)9-4-6-10(17)7-5-9/h1-8,17H. The minimum atomic E-state index is -0.0423. The number of rotatable bonds is 1. The van der Waals surface area contributed by atoms with Gasteiger partial charge >= 0.3 is 0 Å². The molecule has 3 aromatic rings. The Labute approximate surface area is 118 Å². The van der Waals surface area contributed by atoms with E-state index in [1.165, 1.54) is 11.3 Å². The molecule has 0 spiro atoms. The van der Waals surface area contributed by atoms with Gasteiger partial charge in [-0.2, -0.15) is 0 Å². The second-order valence-corrected chi connectivity index (χ2v) is 5.60. The Morgan fingerprint density at radius 2 is 1.79 bits per heavy atom. The smallest absolute Gasteiger partial charge is 0.188 e. The zero-order valence-electron chi connectivity index (χ0n) is 9.76. The fourth-order valence-electron chi connectivity index (χ4n) is 1.91. The van der Waals surface area contributed by atoms with Crippen molar-refractivity contribution >= 4 is 33.0 Å². The van der Waals surface area contributed by atoms with Gasteiger partial charge in [-0.25, -0.2) is 0 Å². The normalized spacial score (nSPS) is 10.8. The molecule has 4 heteroatoms. The highest BCUT2D eigenvalue weighted by Gasteiger charge is 2.07. The van der Waals surface area contributed by atoms with E-state index in [4.69, 9.17) is 11.6 Å². The maximum atomic E-state index is 12.1. The Balaban J connectivity index is 2.29. The lowest BCUT2D eigenvalue weighted by Gasteiger charge is -2.04. The predicted molar refractivity (Wildman–Crippen MR) is 80.2 cm³/mol. The molecule has 0 amide bonds. The third-order valence-corrected chi connectivity index (χ3v) is 4.50. The molecule has 1 aromatic heterocycles. The third-order valence-electron chi connectivity index (χ3n) is 2.86. The molecule has 3 rings (SSSR count). The number of phenols is 1. The van der Waals surface area contributed by atoms with Crippen molar-refractivity contribution in [1.29, 1.82) is 0 Å². The summed E-state index contributed by atoms with van der Waals surface area (Å²) in [7, 11) is 0. The van der Waals surface area contributed by atoms with Crippen LogP contribution in [0.25, 0.3) is 20.5 Å². The molecule has 2 nitrogen and oxygen atoms in total. The molecule has 94 valence electrons. The molecule has 0 fully saturated rings. The van der Waals surface area contributed by atoms with Gasteiger partial charge in [-0.05, 0) is 42.0 Å². The van der Waals surface area contributed by atoms with Crippen molar-refractivity contribution in [1.82, 2.24) is 0 Å². The van der Waals surface area contributed by atoms with Crippen molar-refractivity contribution in [2.24, 2.45) is 0 Å². The Morgan fingerprint density at radius 1 is 1.05 bits per heavy atom. The quantitative estimate of drug-likeness (QED) is 0.725. The predicted octanol–water partition coefficient (Wildman–Crippen LogP) is 4.29.